The van der Waals surface area contributed by atoms with Crippen LogP contribution in [0, 0.1) is 79.8 Å². The van der Waals surface area contributed by atoms with E-state index in [-0.39, 0.29) is 80.9 Å². The number of hydrogen-bond donors (Lipinski definition) is 9. The van der Waals surface area contributed by atoms with Crippen LogP contribution in [-0.4, -0.2) is 121 Å². The molecule has 5 aliphatic heterocycles. The topological polar surface area (TPSA) is 237 Å². The number of carboxylic acids is 1. The number of hydrazine groups is 1. The van der Waals surface area contributed by atoms with E-state index in [4.69, 9.17) is 18.9 Å². The molecule has 4 saturated heterocycles. The maximum Gasteiger partial charge on any atom is 0.335 e. The third-order valence-electron chi connectivity index (χ3n) is 30.8. The second-order valence-electron chi connectivity index (χ2n) is 33.9. The lowest BCUT2D eigenvalue weighted by atomic mass is 9.38. The van der Waals surface area contributed by atoms with Crippen LogP contribution in [0.2, 0.25) is 0 Å². The fourth-order valence-electron chi connectivity index (χ4n) is 28.3. The van der Waals surface area contributed by atoms with Crippen molar-refractivity contribution in [1.82, 2.24) is 10.9 Å². The largest absolute Gasteiger partial charge is 0.507 e. The number of benzene rings is 2. The molecule has 20 unspecified atom stereocenters. The Balaban J connectivity index is 0.781. The lowest BCUT2D eigenvalue weighted by Gasteiger charge is -2.72. The van der Waals surface area contributed by atoms with Gasteiger partial charge in [-0.3, -0.25) is 15.6 Å². The number of carboxylic acid groups (broad SMARTS) is 1. The second kappa shape index (κ2) is 18.8. The number of aromatic hydroxyl groups is 2. The quantitative estimate of drug-likeness (QED) is 0.0926. The van der Waals surface area contributed by atoms with Crippen LogP contribution in [0.5, 0.6) is 17.2 Å². The van der Waals surface area contributed by atoms with Gasteiger partial charge in [-0.2, -0.15) is 0 Å². The number of aromatic carboxylic acids is 1. The Labute approximate surface area is 517 Å². The molecule has 2 aromatic rings. The van der Waals surface area contributed by atoms with Crippen molar-refractivity contribution in [3.05, 3.63) is 51.6 Å². The number of carbonyl (C=O) groups excluding carboxylic acids is 1. The molecule has 9 spiro atoms. The predicted molar refractivity (Wildman–Crippen MR) is 325 cm³/mol. The fraction of sp³-hybridized carbons (Fsp3) is 0.781. The summed E-state index contributed by atoms with van der Waals surface area (Å²) in [6, 6.07) is 2.65. The van der Waals surface area contributed by atoms with Crippen LogP contribution in [0.15, 0.2) is 34.9 Å². The maximum atomic E-state index is 13.7. The van der Waals surface area contributed by atoms with Gasteiger partial charge < -0.3 is 54.7 Å². The molecule has 0 aromatic heterocycles. The molecule has 10 saturated carbocycles. The van der Waals surface area contributed by atoms with Crippen LogP contribution in [0.25, 0.3) is 10.8 Å². The van der Waals surface area contributed by atoms with Crippen LogP contribution >= 0.6 is 0 Å². The second-order valence-corrected chi connectivity index (χ2v) is 33.9. The number of ether oxygens (including phenoxy) is 4. The van der Waals surface area contributed by atoms with Gasteiger partial charge in [0.1, 0.15) is 41.2 Å². The van der Waals surface area contributed by atoms with Gasteiger partial charge in [-0.15, -0.1) is 0 Å². The highest BCUT2D eigenvalue weighted by Crippen LogP contribution is 2.87. The number of aliphatic hydroxyl groups excluding tert-OH is 4. The molecule has 9 N–H and O–H groups in total. The number of aliphatic hydroxyl groups is 4. The van der Waals surface area contributed by atoms with Crippen LogP contribution in [0.4, 0.5) is 0 Å². The first-order valence-corrected chi connectivity index (χ1v) is 35.2. The molecule has 20 atom stereocenters. The van der Waals surface area contributed by atoms with Crippen molar-refractivity contribution >= 4 is 22.5 Å². The minimum Gasteiger partial charge on any atom is -0.507 e. The van der Waals surface area contributed by atoms with Gasteiger partial charge in [0.2, 0.25) is 6.29 Å². The molecule has 88 heavy (non-hydrogen) atoms. The summed E-state index contributed by atoms with van der Waals surface area (Å²) in [5.41, 5.74) is 10.8. The molecule has 476 valence electrons. The third-order valence-corrected chi connectivity index (χ3v) is 30.8. The van der Waals surface area contributed by atoms with E-state index < -0.39 is 82.0 Å². The zero-order chi connectivity index (χ0) is 60.1. The number of fused-ring (bicyclic) bond motifs is 5. The van der Waals surface area contributed by atoms with Crippen molar-refractivity contribution in [1.29, 1.82) is 0 Å². The number of rotatable bonds is 7. The smallest absolute Gasteiger partial charge is 0.335 e. The number of hydrogen-bond acceptors (Lipinski definition) is 14. The van der Waals surface area contributed by atoms with E-state index in [2.05, 4.69) is 16.9 Å². The molecule has 16 aliphatic rings. The van der Waals surface area contributed by atoms with Crippen LogP contribution in [-0.2, 0) is 14.2 Å². The van der Waals surface area contributed by atoms with Gasteiger partial charge >= 0.3 is 5.97 Å². The third kappa shape index (κ3) is 7.04. The Morgan fingerprint density at radius 3 is 2.35 bits per heavy atom. The average molecular weight is 1210 g/mol. The summed E-state index contributed by atoms with van der Waals surface area (Å²) in [7, 11) is 0. The van der Waals surface area contributed by atoms with Crippen LogP contribution in [0.3, 0.4) is 0 Å². The summed E-state index contributed by atoms with van der Waals surface area (Å²) in [6.45, 7) is 4.06. The molecular weight excluding hydrogens is 1110 g/mol. The molecule has 15 heteroatoms. The molecule has 6 bridgehead atoms. The Kier molecular flexibility index (Phi) is 12.2. The van der Waals surface area contributed by atoms with Gasteiger partial charge in [0, 0.05) is 52.5 Å². The van der Waals surface area contributed by atoms with Gasteiger partial charge in [0.25, 0.3) is 0 Å². The number of nitrogens with one attached hydrogen (secondary N) is 2. The average Bonchev–Trinajstić information content (AvgIpc) is 1.46. The summed E-state index contributed by atoms with van der Waals surface area (Å²) >= 11 is 0. The SMILES string of the molecule is CC(=O)c1c(C)c(O)c2cc(C(=O)O)cc(OC3OC4C(O)C5(CCCC5)CC5OC4(CC4C6=C5CC=C6C5(CCCO)COCC6CC78CC4(NNC7CC4(C8)CC7(CCC8(CCCC8)C7)C7CCCC8CCCC89CCC74C9)C65)C(O)C3O)c2c1O. The fourth-order valence-corrected chi connectivity index (χ4v) is 28.3. The van der Waals surface area contributed by atoms with Crippen LogP contribution in [0.1, 0.15) is 226 Å². The minimum atomic E-state index is -1.82. The molecule has 18 rings (SSSR count). The molecule has 14 fully saturated rings. The lowest BCUT2D eigenvalue weighted by molar-refractivity contribution is -0.340. The molecule has 0 radical (unpaired) electrons. The predicted octanol–water partition coefficient (Wildman–Crippen LogP) is 11.1. The highest BCUT2D eigenvalue weighted by Gasteiger charge is 2.82. The summed E-state index contributed by atoms with van der Waals surface area (Å²) in [5, 5.41) is 84.9. The van der Waals surface area contributed by atoms with E-state index >= 15 is 0 Å². The Morgan fingerprint density at radius 1 is 0.784 bits per heavy atom. The zero-order valence-corrected chi connectivity index (χ0v) is 52.1. The summed E-state index contributed by atoms with van der Waals surface area (Å²) < 4.78 is 28.8. The van der Waals surface area contributed by atoms with E-state index in [9.17, 15) is 45.3 Å². The van der Waals surface area contributed by atoms with Gasteiger partial charge in [0.05, 0.1) is 35.3 Å². The first-order valence-electron chi connectivity index (χ1n) is 35.2. The monoisotopic (exact) mass is 1210 g/mol. The molecule has 5 heterocycles. The Bertz CT molecular complexity index is 3400. The molecule has 15 nitrogen and oxygen atoms in total. The normalized spacial score (nSPS) is 48.4. The maximum absolute atomic E-state index is 13.7. The number of ketones is 1. The van der Waals surface area contributed by atoms with E-state index in [0.717, 1.165) is 43.9 Å². The van der Waals surface area contributed by atoms with Crippen molar-refractivity contribution in [2.45, 2.75) is 260 Å². The van der Waals surface area contributed by atoms with Crippen molar-refractivity contribution < 1.29 is 64.3 Å². The summed E-state index contributed by atoms with van der Waals surface area (Å²) in [6.07, 6.45) is 28.9. The van der Waals surface area contributed by atoms with Crippen molar-refractivity contribution in [2.75, 3.05) is 19.8 Å². The molecular formula is C73H96N2O13. The first kappa shape index (κ1) is 57.1. The zero-order valence-electron chi connectivity index (χ0n) is 52.1. The van der Waals surface area contributed by atoms with E-state index in [1.54, 1.807) is 0 Å². The standard InChI is InChI=1S/C73H96N2O13/c1-39-52(40(2)77)56(79)54-45(55(39)78)26-41(62(83)84)27-48(54)86-63-57(80)59(81)73-29-47-53-44(49(88-73)30-65(17-5-6-18-65)60(82)61(73)87-63)13-14-46(53)70(20-9-25-76)38-85-32-42-28-68-35-69(31-51(68)74-75-72(47,37-68)58(42)70)34-67(22-21-64(33-67)15-3-4-16-64)50-12-7-10-43-11-8-19-66(43)23-24-71(50,69)36-66/h14,26-27,42-43,47,49-51,57-61,63,74-76,78-82H,3-13,15-25,28-38H2,1-2H3,(H,83,84). The molecule has 2 aromatic carbocycles. The minimum absolute atomic E-state index is 0.0597. The first-order chi connectivity index (χ1) is 42.3. The summed E-state index contributed by atoms with van der Waals surface area (Å²) in [5.74, 6) is -1.39. The van der Waals surface area contributed by atoms with Gasteiger partial charge in [-0.1, -0.05) is 44.6 Å². The highest BCUT2D eigenvalue weighted by molar-refractivity contribution is 6.11. The van der Waals surface area contributed by atoms with Crippen LogP contribution < -0.4 is 15.6 Å². The Hall–Kier alpha value is -3.64. The van der Waals surface area contributed by atoms with Gasteiger partial charge in [-0.05, 0) is 253 Å². The highest BCUT2D eigenvalue weighted by atomic mass is 16.7. The molecule has 11 aliphatic carbocycles. The Morgan fingerprint density at radius 2 is 1.56 bits per heavy atom. The van der Waals surface area contributed by atoms with E-state index in [1.807, 2.05) is 0 Å². The number of allylic oxidation sites excluding steroid dienone is 1. The number of phenols is 2. The number of Topliss-reactive ketones (excluding diaryl/α,β-unsaturated/α-hetero) is 1. The van der Waals surface area contributed by atoms with Crippen molar-refractivity contribution in [3.63, 3.8) is 0 Å². The van der Waals surface area contributed by atoms with E-state index in [0.29, 0.717) is 67.0 Å². The van der Waals surface area contributed by atoms with Gasteiger partial charge in [0.15, 0.2) is 5.78 Å². The lowest BCUT2D eigenvalue weighted by Crippen LogP contribution is -2.81. The molecule has 0 amide bonds. The number of carbonyl (C=O) groups is 2. The van der Waals surface area contributed by atoms with Crippen molar-refractivity contribution in [2.24, 2.45) is 72.9 Å². The number of phenolic OH excluding ortho intramolecular Hbond substituents is 2. The van der Waals surface area contributed by atoms with Crippen molar-refractivity contribution in [3.8, 4) is 17.2 Å². The summed E-state index contributed by atoms with van der Waals surface area (Å²) in [4.78, 5) is 25.9. The van der Waals surface area contributed by atoms with E-state index in [1.165, 1.54) is 165 Å². The van der Waals surface area contributed by atoms with Gasteiger partial charge in [-0.25, -0.2) is 4.79 Å².